The highest BCUT2D eigenvalue weighted by molar-refractivity contribution is 4.96. The molecule has 0 saturated heterocycles. The van der Waals surface area contributed by atoms with Crippen molar-refractivity contribution >= 4 is 0 Å². The first-order valence-corrected chi connectivity index (χ1v) is 4.53. The quantitative estimate of drug-likeness (QED) is 0.644. The van der Waals surface area contributed by atoms with Gasteiger partial charge in [-0.05, 0) is 19.3 Å². The second-order valence-electron chi connectivity index (χ2n) is 3.46. The van der Waals surface area contributed by atoms with Gasteiger partial charge in [0.25, 0.3) is 0 Å². The van der Waals surface area contributed by atoms with E-state index in [9.17, 15) is 9.59 Å². The van der Waals surface area contributed by atoms with E-state index in [0.29, 0.717) is 0 Å². The summed E-state index contributed by atoms with van der Waals surface area (Å²) in [4.78, 5) is 22.5. The Bertz CT molecular complexity index is 447. The van der Waals surface area contributed by atoms with Crippen molar-refractivity contribution in [1.29, 1.82) is 5.26 Å². The summed E-state index contributed by atoms with van der Waals surface area (Å²) < 4.78 is 1.11. The summed E-state index contributed by atoms with van der Waals surface area (Å²) in [5.74, 6) is -0.218. The van der Waals surface area contributed by atoms with Gasteiger partial charge >= 0.3 is 11.4 Å². The Labute approximate surface area is 79.2 Å². The minimum absolute atomic E-state index is 0.218. The summed E-state index contributed by atoms with van der Waals surface area (Å²) in [6.07, 6.45) is 2.37. The van der Waals surface area contributed by atoms with Crippen LogP contribution in [0.15, 0.2) is 9.59 Å². The van der Waals surface area contributed by atoms with Crippen molar-refractivity contribution in [2.75, 3.05) is 0 Å². The standard InChI is InChI=1S/C8H10N4O2/c9-4-5-2-1-3-6(5)12-7(13)10-11-8(12)14/h5-6H,1-3H2,(H,10,13)(H,11,14). The molecule has 14 heavy (non-hydrogen) atoms. The molecule has 0 aromatic carbocycles. The third kappa shape index (κ3) is 1.18. The first kappa shape index (κ1) is 8.81. The van der Waals surface area contributed by atoms with Crippen LogP contribution in [0.3, 0.4) is 0 Å². The van der Waals surface area contributed by atoms with Crippen LogP contribution < -0.4 is 11.4 Å². The Morgan fingerprint density at radius 3 is 2.50 bits per heavy atom. The van der Waals surface area contributed by atoms with E-state index in [4.69, 9.17) is 5.26 Å². The van der Waals surface area contributed by atoms with Gasteiger partial charge in [0.15, 0.2) is 0 Å². The summed E-state index contributed by atoms with van der Waals surface area (Å²) in [6, 6.07) is 1.87. The lowest BCUT2D eigenvalue weighted by Gasteiger charge is -2.11. The molecule has 1 heterocycles. The minimum Gasteiger partial charge on any atom is -0.247 e. The van der Waals surface area contributed by atoms with Gasteiger partial charge in [0.1, 0.15) is 0 Å². The SMILES string of the molecule is N#CC1CCCC1n1c(=O)[nH][nH]c1=O. The van der Waals surface area contributed by atoms with Crippen molar-refractivity contribution in [3.63, 3.8) is 0 Å². The molecule has 0 bridgehead atoms. The summed E-state index contributed by atoms with van der Waals surface area (Å²) in [5.41, 5.74) is -0.913. The topological polar surface area (TPSA) is 94.4 Å². The molecule has 1 aliphatic carbocycles. The fourth-order valence-electron chi connectivity index (χ4n) is 2.02. The van der Waals surface area contributed by atoms with Crippen molar-refractivity contribution in [3.05, 3.63) is 21.0 Å². The summed E-state index contributed by atoms with van der Waals surface area (Å²) in [7, 11) is 0. The van der Waals surface area contributed by atoms with Crippen molar-refractivity contribution in [1.82, 2.24) is 14.8 Å². The summed E-state index contributed by atoms with van der Waals surface area (Å²) in [6.45, 7) is 0. The van der Waals surface area contributed by atoms with Crippen LogP contribution in [-0.2, 0) is 0 Å². The van der Waals surface area contributed by atoms with E-state index in [1.54, 1.807) is 0 Å². The van der Waals surface area contributed by atoms with Gasteiger partial charge in [-0.25, -0.2) is 24.4 Å². The molecule has 1 aromatic heterocycles. The second-order valence-corrected chi connectivity index (χ2v) is 3.46. The molecular weight excluding hydrogens is 184 g/mol. The predicted octanol–water partition coefficient (Wildman–Crippen LogP) is -0.271. The van der Waals surface area contributed by atoms with Crippen LogP contribution in [-0.4, -0.2) is 14.8 Å². The summed E-state index contributed by atoms with van der Waals surface area (Å²) in [5, 5.41) is 13.3. The first-order chi connectivity index (χ1) is 6.74. The van der Waals surface area contributed by atoms with Gasteiger partial charge in [0, 0.05) is 0 Å². The second kappa shape index (κ2) is 3.18. The maximum absolute atomic E-state index is 11.3. The van der Waals surface area contributed by atoms with E-state index in [-0.39, 0.29) is 12.0 Å². The van der Waals surface area contributed by atoms with Crippen LogP contribution in [0, 0.1) is 17.2 Å². The van der Waals surface area contributed by atoms with Crippen LogP contribution in [0.4, 0.5) is 0 Å². The van der Waals surface area contributed by atoms with E-state index in [1.807, 2.05) is 0 Å². The third-order valence-electron chi connectivity index (χ3n) is 2.69. The predicted molar refractivity (Wildman–Crippen MR) is 47.7 cm³/mol. The number of H-pyrrole nitrogens is 2. The van der Waals surface area contributed by atoms with E-state index in [0.717, 1.165) is 23.8 Å². The molecule has 2 unspecified atom stereocenters. The summed E-state index contributed by atoms with van der Waals surface area (Å²) >= 11 is 0. The average molecular weight is 194 g/mol. The number of rotatable bonds is 1. The molecule has 6 heteroatoms. The highest BCUT2D eigenvalue weighted by atomic mass is 16.2. The highest BCUT2D eigenvalue weighted by Crippen LogP contribution is 2.33. The molecule has 0 radical (unpaired) electrons. The van der Waals surface area contributed by atoms with E-state index in [2.05, 4.69) is 16.3 Å². The molecule has 6 nitrogen and oxygen atoms in total. The van der Waals surface area contributed by atoms with E-state index < -0.39 is 11.4 Å². The van der Waals surface area contributed by atoms with Crippen molar-refractivity contribution in [2.24, 2.45) is 5.92 Å². The Morgan fingerprint density at radius 1 is 1.29 bits per heavy atom. The number of nitrogens with one attached hydrogen (secondary N) is 2. The molecule has 1 fully saturated rings. The van der Waals surface area contributed by atoms with Gasteiger partial charge in [-0.15, -0.1) is 0 Å². The van der Waals surface area contributed by atoms with E-state index >= 15 is 0 Å². The largest absolute Gasteiger partial charge is 0.344 e. The zero-order valence-corrected chi connectivity index (χ0v) is 7.49. The van der Waals surface area contributed by atoms with Gasteiger partial charge in [-0.1, -0.05) is 0 Å². The maximum atomic E-state index is 11.3. The van der Waals surface area contributed by atoms with Gasteiger partial charge in [-0.3, -0.25) is 0 Å². The van der Waals surface area contributed by atoms with E-state index in [1.165, 1.54) is 0 Å². The van der Waals surface area contributed by atoms with Crippen LogP contribution in [0.1, 0.15) is 25.3 Å². The van der Waals surface area contributed by atoms with Gasteiger partial charge in [0.2, 0.25) is 0 Å². The molecule has 1 saturated carbocycles. The Morgan fingerprint density at radius 2 is 1.93 bits per heavy atom. The molecule has 2 atom stereocenters. The van der Waals surface area contributed by atoms with Crippen molar-refractivity contribution in [2.45, 2.75) is 25.3 Å². The average Bonchev–Trinajstić information content (AvgIpc) is 2.73. The fourth-order valence-corrected chi connectivity index (χ4v) is 2.02. The van der Waals surface area contributed by atoms with Crippen molar-refractivity contribution in [3.8, 4) is 6.07 Å². The van der Waals surface area contributed by atoms with Crippen LogP contribution in [0.2, 0.25) is 0 Å². The smallest absolute Gasteiger partial charge is 0.247 e. The molecule has 0 spiro atoms. The third-order valence-corrected chi connectivity index (χ3v) is 2.69. The first-order valence-electron chi connectivity index (χ1n) is 4.53. The minimum atomic E-state index is -0.456. The van der Waals surface area contributed by atoms with Gasteiger partial charge in [-0.2, -0.15) is 5.26 Å². The molecule has 1 aliphatic rings. The number of nitriles is 1. The lowest BCUT2D eigenvalue weighted by molar-refractivity contribution is 0.428. The van der Waals surface area contributed by atoms with Crippen LogP contribution in [0.5, 0.6) is 0 Å². The molecule has 2 N–H and O–H groups in total. The Kier molecular flexibility index (Phi) is 2.00. The lowest BCUT2D eigenvalue weighted by atomic mass is 10.1. The lowest BCUT2D eigenvalue weighted by Crippen LogP contribution is -2.32. The van der Waals surface area contributed by atoms with Crippen molar-refractivity contribution < 1.29 is 0 Å². The number of hydrogen-bond acceptors (Lipinski definition) is 3. The highest BCUT2D eigenvalue weighted by Gasteiger charge is 2.31. The molecule has 0 aliphatic heterocycles. The van der Waals surface area contributed by atoms with Gasteiger partial charge in [0.05, 0.1) is 18.0 Å². The Balaban J connectivity index is 2.46. The maximum Gasteiger partial charge on any atom is 0.344 e. The van der Waals surface area contributed by atoms with Crippen LogP contribution >= 0.6 is 0 Å². The number of nitrogens with zero attached hydrogens (tertiary/aromatic N) is 2. The van der Waals surface area contributed by atoms with Crippen LogP contribution in [0.25, 0.3) is 0 Å². The normalized spacial score (nSPS) is 26.2. The molecule has 74 valence electrons. The molecule has 0 amide bonds. The number of aromatic nitrogens is 3. The Hall–Kier alpha value is -1.77. The molecular formula is C8H10N4O2. The zero-order valence-electron chi connectivity index (χ0n) is 7.49. The number of aromatic amines is 2. The zero-order chi connectivity index (χ0) is 10.1. The van der Waals surface area contributed by atoms with Gasteiger partial charge < -0.3 is 0 Å². The molecule has 2 rings (SSSR count). The fraction of sp³-hybridized carbons (Fsp3) is 0.625. The number of hydrogen-bond donors (Lipinski definition) is 2. The monoisotopic (exact) mass is 194 g/mol. The molecule has 1 aromatic rings.